The maximum Gasteiger partial charge on any atom is 0.238 e. The molecule has 2 N–H and O–H groups in total. The van der Waals surface area contributed by atoms with Crippen LogP contribution in [0, 0.1) is 0 Å². The highest BCUT2D eigenvalue weighted by Crippen LogP contribution is 2.24. The molecule has 1 aliphatic heterocycles. The molecule has 0 unspecified atom stereocenters. The molecule has 0 aliphatic carbocycles. The molecule has 1 aliphatic rings. The van der Waals surface area contributed by atoms with E-state index in [-0.39, 0.29) is 17.3 Å². The molecule has 0 aromatic heterocycles. The van der Waals surface area contributed by atoms with Crippen molar-refractivity contribution in [3.8, 4) is 0 Å². The SMILES string of the molecule is CC(C)c1ccc(CN2CCS(=O)(=O)N(c3ccc(S(N)(=O)=O)cc3)C2)cc1. The molecule has 0 radical (unpaired) electrons. The van der Waals surface area contributed by atoms with E-state index < -0.39 is 20.0 Å². The predicted molar refractivity (Wildman–Crippen MR) is 110 cm³/mol. The second kappa shape index (κ2) is 7.82. The van der Waals surface area contributed by atoms with Crippen molar-refractivity contribution >= 4 is 25.7 Å². The summed E-state index contributed by atoms with van der Waals surface area (Å²) >= 11 is 0. The summed E-state index contributed by atoms with van der Waals surface area (Å²) in [5, 5.41) is 5.11. The average Bonchev–Trinajstić information content (AvgIpc) is 2.63. The minimum absolute atomic E-state index is 0.00795. The van der Waals surface area contributed by atoms with Crippen LogP contribution in [0.2, 0.25) is 0 Å². The maximum absolute atomic E-state index is 12.5. The van der Waals surface area contributed by atoms with Crippen LogP contribution in [0.25, 0.3) is 0 Å². The summed E-state index contributed by atoms with van der Waals surface area (Å²) < 4.78 is 49.2. The Kier molecular flexibility index (Phi) is 5.81. The summed E-state index contributed by atoms with van der Waals surface area (Å²) in [5.74, 6) is 0.471. The van der Waals surface area contributed by atoms with Gasteiger partial charge in [-0.05, 0) is 41.3 Å². The molecule has 1 heterocycles. The number of primary sulfonamides is 1. The second-order valence-electron chi connectivity index (χ2n) is 7.29. The van der Waals surface area contributed by atoms with Crippen molar-refractivity contribution in [1.29, 1.82) is 0 Å². The Hall–Kier alpha value is -1.94. The number of sulfonamides is 2. The van der Waals surface area contributed by atoms with Gasteiger partial charge in [-0.15, -0.1) is 0 Å². The lowest BCUT2D eigenvalue weighted by Crippen LogP contribution is -2.50. The van der Waals surface area contributed by atoms with Crippen LogP contribution in [0.4, 0.5) is 5.69 Å². The van der Waals surface area contributed by atoms with Crippen molar-refractivity contribution in [2.45, 2.75) is 31.2 Å². The van der Waals surface area contributed by atoms with Crippen LogP contribution in [-0.4, -0.2) is 40.7 Å². The number of nitrogens with two attached hydrogens (primary N) is 1. The van der Waals surface area contributed by atoms with E-state index in [0.717, 1.165) is 5.56 Å². The van der Waals surface area contributed by atoms with Crippen LogP contribution in [-0.2, 0) is 26.6 Å². The third-order valence-corrected chi connectivity index (χ3v) is 7.46. The molecule has 2 aromatic carbocycles. The molecule has 28 heavy (non-hydrogen) atoms. The van der Waals surface area contributed by atoms with E-state index in [2.05, 4.69) is 43.0 Å². The molecule has 2 aromatic rings. The van der Waals surface area contributed by atoms with Crippen molar-refractivity contribution < 1.29 is 16.8 Å². The number of anilines is 1. The summed E-state index contributed by atoms with van der Waals surface area (Å²) in [4.78, 5) is 2.01. The Labute approximate surface area is 166 Å². The second-order valence-corrected chi connectivity index (χ2v) is 10.9. The highest BCUT2D eigenvalue weighted by molar-refractivity contribution is 7.92. The van der Waals surface area contributed by atoms with Crippen molar-refractivity contribution in [3.05, 3.63) is 59.7 Å². The number of nitrogens with zero attached hydrogens (tertiary/aromatic N) is 2. The Morgan fingerprint density at radius 3 is 2.18 bits per heavy atom. The van der Waals surface area contributed by atoms with E-state index in [1.807, 2.05) is 0 Å². The first-order chi connectivity index (χ1) is 13.1. The lowest BCUT2D eigenvalue weighted by Gasteiger charge is -2.36. The fourth-order valence-electron chi connectivity index (χ4n) is 3.13. The van der Waals surface area contributed by atoms with Crippen LogP contribution >= 0.6 is 0 Å². The van der Waals surface area contributed by atoms with Gasteiger partial charge in [0.05, 0.1) is 23.0 Å². The molecule has 0 spiro atoms. The first kappa shape index (κ1) is 20.8. The van der Waals surface area contributed by atoms with Gasteiger partial charge in [0.25, 0.3) is 0 Å². The molecule has 0 atom stereocenters. The van der Waals surface area contributed by atoms with Crippen LogP contribution in [0.15, 0.2) is 53.4 Å². The number of hydrogen-bond donors (Lipinski definition) is 1. The number of rotatable bonds is 5. The lowest BCUT2D eigenvalue weighted by atomic mass is 10.0. The van der Waals surface area contributed by atoms with E-state index in [9.17, 15) is 16.8 Å². The van der Waals surface area contributed by atoms with Crippen LogP contribution in [0.5, 0.6) is 0 Å². The monoisotopic (exact) mass is 423 g/mol. The minimum Gasteiger partial charge on any atom is -0.280 e. The molecular formula is C19H25N3O4S2. The quantitative estimate of drug-likeness (QED) is 0.793. The third-order valence-electron chi connectivity index (χ3n) is 4.84. The van der Waals surface area contributed by atoms with Gasteiger partial charge in [0, 0.05) is 13.1 Å². The van der Waals surface area contributed by atoms with Crippen LogP contribution in [0.1, 0.15) is 30.9 Å². The van der Waals surface area contributed by atoms with E-state index in [1.54, 1.807) is 0 Å². The Morgan fingerprint density at radius 1 is 1.04 bits per heavy atom. The zero-order chi connectivity index (χ0) is 20.5. The summed E-state index contributed by atoms with van der Waals surface area (Å²) in [5.41, 5.74) is 2.81. The van der Waals surface area contributed by atoms with Gasteiger partial charge in [-0.25, -0.2) is 22.0 Å². The van der Waals surface area contributed by atoms with E-state index >= 15 is 0 Å². The van der Waals surface area contributed by atoms with E-state index in [1.165, 1.54) is 34.1 Å². The predicted octanol–water partition coefficient (Wildman–Crippen LogP) is 2.07. The Morgan fingerprint density at radius 2 is 1.64 bits per heavy atom. The number of hydrogen-bond acceptors (Lipinski definition) is 5. The van der Waals surface area contributed by atoms with Crippen LogP contribution < -0.4 is 9.44 Å². The molecular weight excluding hydrogens is 398 g/mol. The normalized spacial score (nSPS) is 17.8. The smallest absolute Gasteiger partial charge is 0.238 e. The van der Waals surface area contributed by atoms with Gasteiger partial charge >= 0.3 is 0 Å². The average molecular weight is 424 g/mol. The summed E-state index contributed by atoms with van der Waals surface area (Å²) in [7, 11) is -7.28. The summed E-state index contributed by atoms with van der Waals surface area (Å²) in [6, 6.07) is 13.9. The summed E-state index contributed by atoms with van der Waals surface area (Å²) in [6.07, 6.45) is 0. The lowest BCUT2D eigenvalue weighted by molar-refractivity contribution is 0.280. The molecule has 1 fully saturated rings. The highest BCUT2D eigenvalue weighted by atomic mass is 32.2. The molecule has 9 heteroatoms. The molecule has 0 saturated carbocycles. The van der Waals surface area contributed by atoms with Gasteiger partial charge in [-0.1, -0.05) is 38.1 Å². The zero-order valence-electron chi connectivity index (χ0n) is 15.9. The molecule has 1 saturated heterocycles. The maximum atomic E-state index is 12.5. The molecule has 7 nitrogen and oxygen atoms in total. The van der Waals surface area contributed by atoms with Crippen molar-refractivity contribution in [1.82, 2.24) is 4.90 Å². The molecule has 0 bridgehead atoms. The van der Waals surface area contributed by atoms with E-state index in [0.29, 0.717) is 24.7 Å². The third kappa shape index (κ3) is 4.72. The van der Waals surface area contributed by atoms with Crippen molar-refractivity contribution in [2.24, 2.45) is 5.14 Å². The Bertz CT molecular complexity index is 1030. The fourth-order valence-corrected chi connectivity index (χ4v) is 5.14. The van der Waals surface area contributed by atoms with Gasteiger partial charge in [-0.3, -0.25) is 9.21 Å². The topological polar surface area (TPSA) is 101 Å². The molecule has 3 rings (SSSR count). The fraction of sp³-hybridized carbons (Fsp3) is 0.368. The van der Waals surface area contributed by atoms with Gasteiger partial charge in [0.2, 0.25) is 20.0 Å². The van der Waals surface area contributed by atoms with E-state index in [4.69, 9.17) is 5.14 Å². The summed E-state index contributed by atoms with van der Waals surface area (Å²) in [6.45, 7) is 5.58. The van der Waals surface area contributed by atoms with Gasteiger partial charge in [0.15, 0.2) is 0 Å². The van der Waals surface area contributed by atoms with Gasteiger partial charge in [-0.2, -0.15) is 0 Å². The van der Waals surface area contributed by atoms with Gasteiger partial charge < -0.3 is 0 Å². The molecule has 152 valence electrons. The first-order valence-corrected chi connectivity index (χ1v) is 12.2. The molecule has 0 amide bonds. The van der Waals surface area contributed by atoms with Gasteiger partial charge in [0.1, 0.15) is 0 Å². The van der Waals surface area contributed by atoms with Crippen molar-refractivity contribution in [2.75, 3.05) is 23.3 Å². The largest absolute Gasteiger partial charge is 0.280 e. The Balaban J connectivity index is 1.77. The van der Waals surface area contributed by atoms with Crippen LogP contribution in [0.3, 0.4) is 0 Å². The zero-order valence-corrected chi connectivity index (χ0v) is 17.6. The van der Waals surface area contributed by atoms with Crippen molar-refractivity contribution in [3.63, 3.8) is 0 Å². The highest BCUT2D eigenvalue weighted by Gasteiger charge is 2.30. The standard InChI is InChI=1S/C19H25N3O4S2/c1-15(2)17-5-3-16(4-6-17)13-21-11-12-27(23,24)22(14-21)18-7-9-19(10-8-18)28(20,25)26/h3-10,15H,11-14H2,1-2H3,(H2,20,25,26). The first-order valence-electron chi connectivity index (χ1n) is 9.01. The minimum atomic E-state index is -3.82. The number of benzene rings is 2.